The molecule has 0 heterocycles. The molecule has 0 spiro atoms. The Bertz CT molecular complexity index is 773. The van der Waals surface area contributed by atoms with E-state index in [9.17, 15) is 22.8 Å². The van der Waals surface area contributed by atoms with Crippen molar-refractivity contribution >= 4 is 23.5 Å². The summed E-state index contributed by atoms with van der Waals surface area (Å²) >= 11 is 5.77. The molecule has 25 heavy (non-hydrogen) atoms. The summed E-state index contributed by atoms with van der Waals surface area (Å²) in [5.74, 6) is -5.89. The third-order valence-electron chi connectivity index (χ3n) is 3.38. The minimum absolute atomic E-state index is 0.0139. The third-order valence-corrected chi connectivity index (χ3v) is 3.63. The van der Waals surface area contributed by atoms with Crippen molar-refractivity contribution in [2.75, 3.05) is 7.11 Å². The van der Waals surface area contributed by atoms with E-state index >= 15 is 0 Å². The van der Waals surface area contributed by atoms with Crippen LogP contribution in [0.15, 0.2) is 36.4 Å². The highest BCUT2D eigenvalue weighted by Gasteiger charge is 2.26. The Morgan fingerprint density at radius 3 is 2.20 bits per heavy atom. The molecule has 0 saturated heterocycles. The molecule has 1 N–H and O–H groups in total. The number of hydrogen-bond acceptors (Lipinski definition) is 3. The number of carbonyl (C=O) groups is 2. The molecule has 0 unspecified atom stereocenters. The van der Waals surface area contributed by atoms with E-state index in [0.717, 1.165) is 7.11 Å². The van der Waals surface area contributed by atoms with Crippen LogP contribution in [0.3, 0.4) is 0 Å². The average Bonchev–Trinajstić information content (AvgIpc) is 2.54. The molecule has 0 fully saturated rings. The normalized spacial score (nSPS) is 11.7. The van der Waals surface area contributed by atoms with E-state index in [-0.39, 0.29) is 6.42 Å². The lowest BCUT2D eigenvalue weighted by atomic mass is 10.1. The van der Waals surface area contributed by atoms with E-state index in [1.54, 1.807) is 24.3 Å². The minimum atomic E-state index is -1.37. The van der Waals surface area contributed by atoms with E-state index in [2.05, 4.69) is 10.1 Å². The van der Waals surface area contributed by atoms with Crippen molar-refractivity contribution in [3.8, 4) is 0 Å². The lowest BCUT2D eigenvalue weighted by Crippen LogP contribution is -2.43. The van der Waals surface area contributed by atoms with Gasteiger partial charge >= 0.3 is 5.97 Å². The van der Waals surface area contributed by atoms with Gasteiger partial charge in [0.25, 0.3) is 5.91 Å². The predicted octanol–water partition coefficient (Wildman–Crippen LogP) is 3.27. The molecule has 4 nitrogen and oxygen atoms in total. The summed E-state index contributed by atoms with van der Waals surface area (Å²) < 4.78 is 44.9. The Morgan fingerprint density at radius 2 is 1.68 bits per heavy atom. The van der Waals surface area contributed by atoms with Crippen molar-refractivity contribution < 1.29 is 27.5 Å². The molecule has 8 heteroatoms. The highest BCUT2D eigenvalue weighted by atomic mass is 35.5. The average molecular weight is 372 g/mol. The minimum Gasteiger partial charge on any atom is -0.467 e. The summed E-state index contributed by atoms with van der Waals surface area (Å²) in [5, 5.41) is 2.68. The molecule has 0 bridgehead atoms. The second-order valence-electron chi connectivity index (χ2n) is 5.12. The van der Waals surface area contributed by atoms with Crippen molar-refractivity contribution in [3.63, 3.8) is 0 Å². The zero-order chi connectivity index (χ0) is 18.6. The number of carbonyl (C=O) groups excluding carboxylic acids is 2. The van der Waals surface area contributed by atoms with Crippen LogP contribution >= 0.6 is 11.6 Å². The molecular formula is C17H13ClF3NO3. The molecule has 2 aromatic carbocycles. The molecule has 0 saturated carbocycles. The van der Waals surface area contributed by atoms with Gasteiger partial charge in [0.2, 0.25) is 0 Å². The number of rotatable bonds is 5. The molecule has 2 rings (SSSR count). The monoisotopic (exact) mass is 371 g/mol. The van der Waals surface area contributed by atoms with Gasteiger partial charge in [-0.1, -0.05) is 23.7 Å². The first kappa shape index (κ1) is 18.8. The molecule has 2 aromatic rings. The van der Waals surface area contributed by atoms with Gasteiger partial charge in [0.1, 0.15) is 29.1 Å². The summed E-state index contributed by atoms with van der Waals surface area (Å²) in [6.45, 7) is 0. The number of methoxy groups -OCH3 is 1. The van der Waals surface area contributed by atoms with Crippen molar-refractivity contribution in [3.05, 3.63) is 70.0 Å². The van der Waals surface area contributed by atoms with Gasteiger partial charge in [-0.15, -0.1) is 0 Å². The smallest absolute Gasteiger partial charge is 0.328 e. The molecule has 0 radical (unpaired) electrons. The molecule has 1 amide bonds. The van der Waals surface area contributed by atoms with Crippen LogP contribution in [0.4, 0.5) is 13.2 Å². The Hall–Kier alpha value is -2.54. The first-order valence-corrected chi connectivity index (χ1v) is 7.47. The van der Waals surface area contributed by atoms with Crippen LogP contribution in [0, 0.1) is 17.5 Å². The summed E-state index contributed by atoms with van der Waals surface area (Å²) in [4.78, 5) is 24.0. The predicted molar refractivity (Wildman–Crippen MR) is 84.7 cm³/mol. The molecular weight excluding hydrogens is 359 g/mol. The SMILES string of the molecule is COC(=O)[C@@H](Cc1ccc(Cl)cc1)NC(=O)c1c(F)cc(F)cc1F. The fourth-order valence-corrected chi connectivity index (χ4v) is 2.31. The Labute approximate surface area is 146 Å². The number of amides is 1. The van der Waals surface area contributed by atoms with Crippen molar-refractivity contribution in [1.82, 2.24) is 5.32 Å². The van der Waals surface area contributed by atoms with Crippen LogP contribution in [0.1, 0.15) is 15.9 Å². The number of ether oxygens (including phenoxy) is 1. The standard InChI is InChI=1S/C17H13ClF3NO3/c1-25-17(24)14(6-9-2-4-10(18)5-3-9)22-16(23)15-12(20)7-11(19)8-13(15)21/h2-5,7-8,14H,6H2,1H3,(H,22,23)/t14-/m1/s1. The van der Waals surface area contributed by atoms with Gasteiger partial charge in [0, 0.05) is 23.6 Å². The highest BCUT2D eigenvalue weighted by molar-refractivity contribution is 6.30. The quantitative estimate of drug-likeness (QED) is 0.821. The number of benzene rings is 2. The third kappa shape index (κ3) is 4.73. The number of esters is 1. The fraction of sp³-hybridized carbons (Fsp3) is 0.176. The van der Waals surface area contributed by atoms with Gasteiger partial charge in [-0.2, -0.15) is 0 Å². The summed E-state index contributed by atoms with van der Waals surface area (Å²) in [7, 11) is 1.11. The van der Waals surface area contributed by atoms with Crippen LogP contribution in [0.5, 0.6) is 0 Å². The van der Waals surface area contributed by atoms with Crippen LogP contribution in [0.2, 0.25) is 5.02 Å². The molecule has 132 valence electrons. The van der Waals surface area contributed by atoms with Crippen LogP contribution in [-0.2, 0) is 16.0 Å². The van der Waals surface area contributed by atoms with E-state index in [1.165, 1.54) is 0 Å². The van der Waals surface area contributed by atoms with Crippen molar-refractivity contribution in [2.24, 2.45) is 0 Å². The second-order valence-corrected chi connectivity index (χ2v) is 5.56. The zero-order valence-corrected chi connectivity index (χ0v) is 13.7. The highest BCUT2D eigenvalue weighted by Crippen LogP contribution is 2.16. The van der Waals surface area contributed by atoms with Gasteiger partial charge in [-0.25, -0.2) is 18.0 Å². The van der Waals surface area contributed by atoms with Crippen molar-refractivity contribution in [2.45, 2.75) is 12.5 Å². The molecule has 0 aliphatic carbocycles. The number of halogens is 4. The second kappa shape index (κ2) is 8.02. The summed E-state index contributed by atoms with van der Waals surface area (Å²) in [5.41, 5.74) is -0.341. The first-order chi connectivity index (χ1) is 11.8. The van der Waals surface area contributed by atoms with Gasteiger partial charge in [0.05, 0.1) is 7.11 Å². The van der Waals surface area contributed by atoms with Gasteiger partial charge < -0.3 is 10.1 Å². The van der Waals surface area contributed by atoms with Gasteiger partial charge in [-0.05, 0) is 17.7 Å². The maximum Gasteiger partial charge on any atom is 0.328 e. The molecule has 0 aliphatic rings. The van der Waals surface area contributed by atoms with Gasteiger partial charge in [0.15, 0.2) is 0 Å². The largest absolute Gasteiger partial charge is 0.467 e. The molecule has 1 atom stereocenters. The molecule has 0 aliphatic heterocycles. The topological polar surface area (TPSA) is 55.4 Å². The Balaban J connectivity index is 2.23. The number of hydrogen-bond donors (Lipinski definition) is 1. The summed E-state index contributed by atoms with van der Waals surface area (Å²) in [6.07, 6.45) is 0.0139. The lowest BCUT2D eigenvalue weighted by Gasteiger charge is -2.17. The zero-order valence-electron chi connectivity index (χ0n) is 13.0. The van der Waals surface area contributed by atoms with E-state index < -0.39 is 40.9 Å². The van der Waals surface area contributed by atoms with Crippen LogP contribution in [-0.4, -0.2) is 25.0 Å². The Morgan fingerprint density at radius 1 is 1.12 bits per heavy atom. The first-order valence-electron chi connectivity index (χ1n) is 7.09. The maximum absolute atomic E-state index is 13.7. The van der Waals surface area contributed by atoms with E-state index in [1.807, 2.05) is 0 Å². The number of nitrogens with one attached hydrogen (secondary N) is 1. The molecule has 0 aromatic heterocycles. The van der Waals surface area contributed by atoms with E-state index in [4.69, 9.17) is 11.6 Å². The maximum atomic E-state index is 13.7. The summed E-state index contributed by atoms with van der Waals surface area (Å²) in [6, 6.07) is 6.00. The van der Waals surface area contributed by atoms with E-state index in [0.29, 0.717) is 22.7 Å². The van der Waals surface area contributed by atoms with Crippen LogP contribution < -0.4 is 5.32 Å². The Kier molecular flexibility index (Phi) is 6.03. The van der Waals surface area contributed by atoms with Crippen molar-refractivity contribution in [1.29, 1.82) is 0 Å². The van der Waals surface area contributed by atoms with Crippen LogP contribution in [0.25, 0.3) is 0 Å². The fourth-order valence-electron chi connectivity index (χ4n) is 2.18. The lowest BCUT2D eigenvalue weighted by molar-refractivity contribution is -0.142. The van der Waals surface area contributed by atoms with Gasteiger partial charge in [-0.3, -0.25) is 4.79 Å².